The molecule has 0 aliphatic carbocycles. The van der Waals surface area contributed by atoms with Gasteiger partial charge >= 0.3 is 0 Å². The second kappa shape index (κ2) is 11.1. The number of fused-ring (bicyclic) bond motifs is 4. The zero-order chi connectivity index (χ0) is 31.3. The first-order valence-corrected chi connectivity index (χ1v) is 16.5. The summed E-state index contributed by atoms with van der Waals surface area (Å²) >= 11 is 1.73. The number of benzene rings is 8. The summed E-state index contributed by atoms with van der Waals surface area (Å²) in [4.78, 5) is 4.83. The van der Waals surface area contributed by atoms with Crippen molar-refractivity contribution in [1.29, 1.82) is 5.26 Å². The number of thiazole rings is 1. The number of nitriles is 1. The van der Waals surface area contributed by atoms with Crippen LogP contribution in [0.25, 0.3) is 86.5 Å². The van der Waals surface area contributed by atoms with Gasteiger partial charge in [-0.1, -0.05) is 121 Å². The highest BCUT2D eigenvalue weighted by atomic mass is 32.1. The van der Waals surface area contributed by atoms with E-state index in [0.29, 0.717) is 5.56 Å². The quantitative estimate of drug-likeness (QED) is 0.185. The molecule has 0 unspecified atom stereocenters. The third kappa shape index (κ3) is 4.67. The van der Waals surface area contributed by atoms with E-state index in [1.54, 1.807) is 11.3 Å². The van der Waals surface area contributed by atoms with Crippen molar-refractivity contribution in [1.82, 2.24) is 4.98 Å². The molecule has 0 spiro atoms. The number of nitrogens with zero attached hydrogens (tertiary/aromatic N) is 2. The van der Waals surface area contributed by atoms with E-state index in [1.165, 1.54) is 64.8 Å². The molecule has 1 heterocycles. The molecule has 218 valence electrons. The van der Waals surface area contributed by atoms with E-state index in [4.69, 9.17) is 4.98 Å². The molecule has 0 atom stereocenters. The lowest BCUT2D eigenvalue weighted by atomic mass is 9.85. The first-order chi connectivity index (χ1) is 23.2. The second-order valence-corrected chi connectivity index (χ2v) is 12.9. The van der Waals surface area contributed by atoms with Gasteiger partial charge in [0.25, 0.3) is 0 Å². The predicted molar refractivity (Wildman–Crippen MR) is 199 cm³/mol. The van der Waals surface area contributed by atoms with Gasteiger partial charge in [0.1, 0.15) is 5.01 Å². The predicted octanol–water partition coefficient (Wildman–Crippen LogP) is 12.3. The Morgan fingerprint density at radius 3 is 1.55 bits per heavy atom. The molecule has 0 saturated carbocycles. The number of hydrogen-bond donors (Lipinski definition) is 0. The van der Waals surface area contributed by atoms with Gasteiger partial charge < -0.3 is 0 Å². The molecule has 9 aromatic rings. The van der Waals surface area contributed by atoms with Gasteiger partial charge in [-0.05, 0) is 102 Å². The van der Waals surface area contributed by atoms with Gasteiger partial charge in [0.15, 0.2) is 0 Å². The molecule has 0 aliphatic heterocycles. The van der Waals surface area contributed by atoms with E-state index in [-0.39, 0.29) is 0 Å². The lowest BCUT2D eigenvalue weighted by Crippen LogP contribution is -1.91. The van der Waals surface area contributed by atoms with Crippen LogP contribution in [0.3, 0.4) is 0 Å². The number of rotatable bonds is 4. The van der Waals surface area contributed by atoms with Crippen LogP contribution in [0.15, 0.2) is 158 Å². The molecule has 1 aromatic heterocycles. The van der Waals surface area contributed by atoms with Gasteiger partial charge in [-0.15, -0.1) is 11.3 Å². The minimum Gasteiger partial charge on any atom is -0.236 e. The van der Waals surface area contributed by atoms with E-state index in [9.17, 15) is 5.26 Å². The fraction of sp³-hybridized carbons (Fsp3) is 0. The van der Waals surface area contributed by atoms with E-state index in [2.05, 4.69) is 146 Å². The third-order valence-corrected chi connectivity index (χ3v) is 10.2. The van der Waals surface area contributed by atoms with Crippen LogP contribution < -0.4 is 0 Å². The Labute approximate surface area is 276 Å². The molecular formula is C44H26N2S. The number of para-hydroxylation sites is 1. The molecular weight excluding hydrogens is 589 g/mol. The van der Waals surface area contributed by atoms with E-state index < -0.39 is 0 Å². The average Bonchev–Trinajstić information content (AvgIpc) is 3.58. The molecule has 8 aromatic carbocycles. The van der Waals surface area contributed by atoms with Crippen LogP contribution in [0.1, 0.15) is 5.56 Å². The van der Waals surface area contributed by atoms with Crippen LogP contribution in [0.4, 0.5) is 0 Å². The highest BCUT2D eigenvalue weighted by molar-refractivity contribution is 7.21. The van der Waals surface area contributed by atoms with Gasteiger partial charge in [0, 0.05) is 5.56 Å². The topological polar surface area (TPSA) is 36.7 Å². The summed E-state index contributed by atoms with van der Waals surface area (Å²) in [7, 11) is 0. The van der Waals surface area contributed by atoms with E-state index in [1.807, 2.05) is 18.2 Å². The van der Waals surface area contributed by atoms with E-state index in [0.717, 1.165) is 21.7 Å². The summed E-state index contributed by atoms with van der Waals surface area (Å²) in [6.07, 6.45) is 0. The number of aromatic nitrogens is 1. The Bertz CT molecular complexity index is 2590. The maximum Gasteiger partial charge on any atom is 0.124 e. The Morgan fingerprint density at radius 1 is 0.447 bits per heavy atom. The molecule has 2 nitrogen and oxygen atoms in total. The first kappa shape index (κ1) is 27.2. The monoisotopic (exact) mass is 614 g/mol. The average molecular weight is 615 g/mol. The van der Waals surface area contributed by atoms with Crippen LogP contribution >= 0.6 is 11.3 Å². The molecule has 47 heavy (non-hydrogen) atoms. The molecule has 0 amide bonds. The highest BCUT2D eigenvalue weighted by Gasteiger charge is 2.17. The summed E-state index contributed by atoms with van der Waals surface area (Å²) in [5.41, 5.74) is 10.00. The van der Waals surface area contributed by atoms with Crippen LogP contribution in [-0.4, -0.2) is 4.98 Å². The Balaban J connectivity index is 1.13. The van der Waals surface area contributed by atoms with Gasteiger partial charge in [0.05, 0.1) is 21.8 Å². The van der Waals surface area contributed by atoms with Crippen molar-refractivity contribution in [3.63, 3.8) is 0 Å². The van der Waals surface area contributed by atoms with Crippen LogP contribution in [-0.2, 0) is 0 Å². The fourth-order valence-corrected chi connectivity index (χ4v) is 7.81. The molecule has 0 aliphatic rings. The zero-order valence-corrected chi connectivity index (χ0v) is 26.1. The Morgan fingerprint density at radius 2 is 0.936 bits per heavy atom. The van der Waals surface area contributed by atoms with Gasteiger partial charge in [0.2, 0.25) is 0 Å². The molecule has 0 saturated heterocycles. The molecule has 3 heteroatoms. The SMILES string of the molecule is N#Cc1ccc(-c2c3ccccc3c(-c3ccc4cc(-c5ccc(-c6nc7ccccc7s6)cc5)ccc4c3)c3ccccc23)cc1. The third-order valence-electron chi connectivity index (χ3n) is 9.12. The van der Waals surface area contributed by atoms with Gasteiger partial charge in [-0.2, -0.15) is 5.26 Å². The van der Waals surface area contributed by atoms with Crippen LogP contribution in [0.2, 0.25) is 0 Å². The second-order valence-electron chi connectivity index (χ2n) is 11.9. The summed E-state index contributed by atoms with van der Waals surface area (Å²) < 4.78 is 1.21. The van der Waals surface area contributed by atoms with Crippen molar-refractivity contribution >= 4 is 53.9 Å². The Hall–Kier alpha value is -6.08. The molecule has 0 N–H and O–H groups in total. The minimum atomic E-state index is 0.666. The van der Waals surface area contributed by atoms with Crippen molar-refractivity contribution in [2.24, 2.45) is 0 Å². The highest BCUT2D eigenvalue weighted by Crippen LogP contribution is 2.44. The van der Waals surface area contributed by atoms with Gasteiger partial charge in [-0.3, -0.25) is 0 Å². The largest absolute Gasteiger partial charge is 0.236 e. The normalized spacial score (nSPS) is 11.4. The van der Waals surface area contributed by atoms with Crippen molar-refractivity contribution in [2.75, 3.05) is 0 Å². The van der Waals surface area contributed by atoms with Crippen LogP contribution in [0, 0.1) is 11.3 Å². The number of hydrogen-bond acceptors (Lipinski definition) is 3. The van der Waals surface area contributed by atoms with Gasteiger partial charge in [-0.25, -0.2) is 4.98 Å². The summed E-state index contributed by atoms with van der Waals surface area (Å²) in [6, 6.07) is 58.2. The van der Waals surface area contributed by atoms with Crippen molar-refractivity contribution < 1.29 is 0 Å². The van der Waals surface area contributed by atoms with Crippen LogP contribution in [0.5, 0.6) is 0 Å². The summed E-state index contributed by atoms with van der Waals surface area (Å²) in [5.74, 6) is 0. The van der Waals surface area contributed by atoms with Crippen molar-refractivity contribution in [2.45, 2.75) is 0 Å². The maximum absolute atomic E-state index is 9.37. The summed E-state index contributed by atoms with van der Waals surface area (Å²) in [6.45, 7) is 0. The van der Waals surface area contributed by atoms with E-state index >= 15 is 0 Å². The standard InChI is InChI=1S/C44H26N2S/c45-27-28-13-15-30(16-14-28)42-36-7-1-3-9-38(36)43(39-10-4-2-8-37(39)42)35-24-23-33-25-32(21-22-34(33)26-35)29-17-19-31(20-18-29)44-46-40-11-5-6-12-41(40)47-44/h1-26H. The summed E-state index contributed by atoms with van der Waals surface area (Å²) in [5, 5.41) is 17.7. The lowest BCUT2D eigenvalue weighted by Gasteiger charge is -2.18. The minimum absolute atomic E-state index is 0.666. The molecule has 0 bridgehead atoms. The Kier molecular flexibility index (Phi) is 6.42. The molecule has 0 fully saturated rings. The molecule has 0 radical (unpaired) electrons. The molecule has 9 rings (SSSR count). The lowest BCUT2D eigenvalue weighted by molar-refractivity contribution is 1.48. The smallest absolute Gasteiger partial charge is 0.124 e. The first-order valence-electron chi connectivity index (χ1n) is 15.7. The van der Waals surface area contributed by atoms with Crippen molar-refractivity contribution in [3.8, 4) is 50.0 Å². The van der Waals surface area contributed by atoms with Crippen molar-refractivity contribution in [3.05, 3.63) is 163 Å². The zero-order valence-electron chi connectivity index (χ0n) is 25.3. The fourth-order valence-electron chi connectivity index (χ4n) is 6.84. The maximum atomic E-state index is 9.37.